The number of anilines is 1. The quantitative estimate of drug-likeness (QED) is 0.584. The second kappa shape index (κ2) is 9.44. The minimum absolute atomic E-state index is 0.0245. The van der Waals surface area contributed by atoms with E-state index in [4.69, 9.17) is 25.8 Å². The van der Waals surface area contributed by atoms with Crippen LogP contribution in [-0.2, 0) is 21.1 Å². The molecule has 4 rings (SSSR count). The Balaban J connectivity index is 1.70. The van der Waals surface area contributed by atoms with Crippen molar-refractivity contribution in [2.24, 2.45) is 4.99 Å². The van der Waals surface area contributed by atoms with Crippen molar-refractivity contribution in [3.8, 4) is 17.2 Å². The highest BCUT2D eigenvalue weighted by Gasteiger charge is 2.50. The van der Waals surface area contributed by atoms with E-state index >= 15 is 0 Å². The van der Waals surface area contributed by atoms with Gasteiger partial charge in [0, 0.05) is 11.3 Å². The van der Waals surface area contributed by atoms with Crippen LogP contribution in [0.25, 0.3) is 0 Å². The molecule has 11 heteroatoms. The summed E-state index contributed by atoms with van der Waals surface area (Å²) >= 11 is 7.66. The normalized spacial score (nSPS) is 22.3. The third-order valence-corrected chi connectivity index (χ3v) is 9.02. The number of hydrogen-bond acceptors (Lipinski definition) is 7. The molecule has 0 radical (unpaired) electrons. The molecular weight excluding hydrogens is 488 g/mol. The number of methoxy groups -OCH3 is 3. The molecule has 0 aromatic heterocycles. The van der Waals surface area contributed by atoms with Crippen LogP contribution in [0.5, 0.6) is 17.2 Å². The second-order valence-electron chi connectivity index (χ2n) is 7.64. The van der Waals surface area contributed by atoms with E-state index < -0.39 is 9.84 Å². The summed E-state index contributed by atoms with van der Waals surface area (Å²) in [4.78, 5) is 18.9. The van der Waals surface area contributed by atoms with Crippen molar-refractivity contribution in [2.75, 3.05) is 37.7 Å². The monoisotopic (exact) mass is 510 g/mol. The Hall–Kier alpha value is -2.43. The summed E-state index contributed by atoms with van der Waals surface area (Å²) in [6, 6.07) is 10.1. The molecule has 0 N–H and O–H groups in total. The lowest BCUT2D eigenvalue weighted by Gasteiger charge is -2.26. The molecule has 0 saturated carbocycles. The van der Waals surface area contributed by atoms with Gasteiger partial charge in [0.2, 0.25) is 0 Å². The summed E-state index contributed by atoms with van der Waals surface area (Å²) in [7, 11) is 1.37. The van der Waals surface area contributed by atoms with Gasteiger partial charge in [-0.2, -0.15) is 4.99 Å². The average Bonchev–Trinajstić information content (AvgIpc) is 3.24. The third kappa shape index (κ3) is 4.92. The minimum Gasteiger partial charge on any atom is -0.497 e. The number of thioether (sulfide) groups is 1. The predicted molar refractivity (Wildman–Crippen MR) is 130 cm³/mol. The average molecular weight is 511 g/mol. The van der Waals surface area contributed by atoms with Gasteiger partial charge in [0.1, 0.15) is 17.2 Å². The first kappa shape index (κ1) is 23.7. The summed E-state index contributed by atoms with van der Waals surface area (Å²) < 4.78 is 40.6. The lowest BCUT2D eigenvalue weighted by Crippen LogP contribution is -2.38. The second-order valence-corrected chi connectivity index (χ2v) is 11.4. The number of benzene rings is 2. The van der Waals surface area contributed by atoms with Crippen LogP contribution in [0.4, 0.5) is 5.69 Å². The van der Waals surface area contributed by atoms with Gasteiger partial charge in [0.25, 0.3) is 5.91 Å². The Kier molecular flexibility index (Phi) is 6.78. The van der Waals surface area contributed by atoms with Gasteiger partial charge in [-0.1, -0.05) is 35.5 Å². The molecule has 0 aliphatic carbocycles. The first-order chi connectivity index (χ1) is 15.7. The van der Waals surface area contributed by atoms with Crippen molar-refractivity contribution in [1.29, 1.82) is 0 Å². The van der Waals surface area contributed by atoms with Crippen LogP contribution in [0.2, 0.25) is 5.02 Å². The molecule has 2 aromatic carbocycles. The molecule has 176 valence electrons. The molecule has 0 bridgehead atoms. The fraction of sp³-hybridized carbons (Fsp3) is 0.364. The zero-order valence-corrected chi connectivity index (χ0v) is 20.7. The minimum atomic E-state index is -3.21. The van der Waals surface area contributed by atoms with Gasteiger partial charge < -0.3 is 19.1 Å². The van der Waals surface area contributed by atoms with E-state index in [0.717, 1.165) is 5.56 Å². The first-order valence-corrected chi connectivity index (χ1v) is 13.1. The topological polar surface area (TPSA) is 94.5 Å². The first-order valence-electron chi connectivity index (χ1n) is 10.1. The van der Waals surface area contributed by atoms with E-state index in [1.165, 1.54) is 26.0 Å². The number of fused-ring (bicyclic) bond motifs is 1. The molecule has 2 saturated heterocycles. The number of amides is 1. The van der Waals surface area contributed by atoms with Crippen LogP contribution in [-0.4, -0.2) is 63.6 Å². The van der Waals surface area contributed by atoms with E-state index in [2.05, 4.69) is 4.99 Å². The van der Waals surface area contributed by atoms with Crippen molar-refractivity contribution in [3.63, 3.8) is 0 Å². The molecule has 33 heavy (non-hydrogen) atoms. The van der Waals surface area contributed by atoms with E-state index in [-0.39, 0.29) is 35.1 Å². The number of ether oxygens (including phenoxy) is 3. The van der Waals surface area contributed by atoms with Crippen molar-refractivity contribution in [3.05, 3.63) is 47.0 Å². The third-order valence-electron chi connectivity index (χ3n) is 5.51. The number of carbonyl (C=O) groups excluding carboxylic acids is 1. The summed E-state index contributed by atoms with van der Waals surface area (Å²) in [5, 5.41) is 0.526. The van der Waals surface area contributed by atoms with Crippen LogP contribution in [0.1, 0.15) is 5.56 Å². The highest BCUT2D eigenvalue weighted by atomic mass is 35.5. The number of aliphatic imine (C=N–C) groups is 1. The van der Waals surface area contributed by atoms with Gasteiger partial charge >= 0.3 is 0 Å². The Morgan fingerprint density at radius 3 is 2.42 bits per heavy atom. The molecule has 1 amide bonds. The summed E-state index contributed by atoms with van der Waals surface area (Å²) in [6.45, 7) is 0. The number of sulfone groups is 1. The van der Waals surface area contributed by atoms with Gasteiger partial charge in [-0.25, -0.2) is 8.42 Å². The fourth-order valence-electron chi connectivity index (χ4n) is 3.94. The number of hydrogen-bond donors (Lipinski definition) is 0. The molecule has 2 fully saturated rings. The number of amidine groups is 1. The highest BCUT2D eigenvalue weighted by Crippen LogP contribution is 2.46. The molecular formula is C22H23ClN2O6S2. The van der Waals surface area contributed by atoms with Crippen LogP contribution in [0.15, 0.2) is 41.4 Å². The van der Waals surface area contributed by atoms with Crippen LogP contribution >= 0.6 is 23.4 Å². The SMILES string of the molecule is COc1ccc(CC(=O)N=C2S[C@@H]3CS(=O)(=O)C[C@H]3N2c2cc(Cl)c(OC)cc2OC)cc1. The predicted octanol–water partition coefficient (Wildman–Crippen LogP) is 3.21. The number of nitrogens with zero attached hydrogens (tertiary/aromatic N) is 2. The van der Waals surface area contributed by atoms with Gasteiger partial charge in [0.15, 0.2) is 15.0 Å². The molecule has 8 nitrogen and oxygen atoms in total. The molecule has 0 unspecified atom stereocenters. The van der Waals surface area contributed by atoms with Crippen molar-refractivity contribution < 1.29 is 27.4 Å². The molecule has 0 spiro atoms. The molecule has 2 aromatic rings. The summed E-state index contributed by atoms with van der Waals surface area (Å²) in [5.41, 5.74) is 1.34. The summed E-state index contributed by atoms with van der Waals surface area (Å²) in [6.07, 6.45) is 0.107. The van der Waals surface area contributed by atoms with Crippen LogP contribution in [0.3, 0.4) is 0 Å². The van der Waals surface area contributed by atoms with E-state index in [1.807, 2.05) is 12.1 Å². The van der Waals surface area contributed by atoms with E-state index in [0.29, 0.717) is 33.1 Å². The van der Waals surface area contributed by atoms with Crippen LogP contribution in [0, 0.1) is 0 Å². The van der Waals surface area contributed by atoms with E-state index in [9.17, 15) is 13.2 Å². The van der Waals surface area contributed by atoms with Gasteiger partial charge in [0.05, 0.1) is 56.0 Å². The van der Waals surface area contributed by atoms with Crippen LogP contribution < -0.4 is 19.1 Å². The zero-order chi connectivity index (χ0) is 23.8. The Morgan fingerprint density at radius 1 is 1.09 bits per heavy atom. The van der Waals surface area contributed by atoms with Gasteiger partial charge in [-0.15, -0.1) is 0 Å². The van der Waals surface area contributed by atoms with Gasteiger partial charge in [-0.3, -0.25) is 4.79 Å². The standard InChI is InChI=1S/C22H23ClN2O6S2/c1-29-14-6-4-13(5-7-14)8-21(26)24-22-25(17-11-33(27,28)12-20(17)32-22)16-9-15(23)18(30-2)10-19(16)31-3/h4-7,9-10,17,20H,8,11-12H2,1-3H3/t17-,20-/m1/s1. The Labute approximate surface area is 201 Å². The molecule has 2 aliphatic rings. The van der Waals surface area contributed by atoms with Crippen molar-refractivity contribution >= 4 is 50.0 Å². The highest BCUT2D eigenvalue weighted by molar-refractivity contribution is 8.16. The Morgan fingerprint density at radius 2 is 1.79 bits per heavy atom. The van der Waals surface area contributed by atoms with Gasteiger partial charge in [-0.05, 0) is 23.8 Å². The Bertz CT molecular complexity index is 1200. The maximum Gasteiger partial charge on any atom is 0.252 e. The number of carbonyl (C=O) groups is 1. The number of rotatable bonds is 6. The summed E-state index contributed by atoms with van der Waals surface area (Å²) in [5.74, 6) is 1.22. The largest absolute Gasteiger partial charge is 0.497 e. The lowest BCUT2D eigenvalue weighted by atomic mass is 10.1. The smallest absolute Gasteiger partial charge is 0.252 e. The maximum absolute atomic E-state index is 12.8. The molecule has 2 aliphatic heterocycles. The molecule has 2 atom stereocenters. The zero-order valence-electron chi connectivity index (χ0n) is 18.3. The lowest BCUT2D eigenvalue weighted by molar-refractivity contribution is -0.117. The fourth-order valence-corrected chi connectivity index (χ4v) is 8.10. The molecule has 2 heterocycles. The maximum atomic E-state index is 12.8. The van der Waals surface area contributed by atoms with Crippen molar-refractivity contribution in [2.45, 2.75) is 17.7 Å². The van der Waals surface area contributed by atoms with Crippen molar-refractivity contribution in [1.82, 2.24) is 0 Å². The number of halogens is 1. The van der Waals surface area contributed by atoms with E-state index in [1.54, 1.807) is 36.3 Å².